The summed E-state index contributed by atoms with van der Waals surface area (Å²) in [5, 5.41) is 7.45. The summed E-state index contributed by atoms with van der Waals surface area (Å²) in [6, 6.07) is 5.26. The van der Waals surface area contributed by atoms with Crippen LogP contribution in [0.2, 0.25) is 0 Å². The number of aromatic nitrogens is 2. The van der Waals surface area contributed by atoms with Gasteiger partial charge in [-0.3, -0.25) is 9.48 Å². The predicted octanol–water partition coefficient (Wildman–Crippen LogP) is 5.33. The highest BCUT2D eigenvalue weighted by Gasteiger charge is 2.40. The summed E-state index contributed by atoms with van der Waals surface area (Å²) in [5.41, 5.74) is 1.95. The number of amides is 1. The first kappa shape index (κ1) is 20.0. The molecule has 2 aliphatic carbocycles. The molecule has 1 N–H and O–H groups in total. The summed E-state index contributed by atoms with van der Waals surface area (Å²) < 4.78 is 40.5. The van der Waals surface area contributed by atoms with Crippen LogP contribution < -0.4 is 5.32 Å². The molecule has 4 nitrogen and oxygen atoms in total. The van der Waals surface area contributed by atoms with Gasteiger partial charge in [-0.25, -0.2) is 0 Å². The summed E-state index contributed by atoms with van der Waals surface area (Å²) >= 11 is 0. The number of hydrogen-bond donors (Lipinski definition) is 1. The SMILES string of the molecule is Cc1nn(Cc2cccc(C(F)(F)F)c2)c(C)c1NC(=O)CC1CC2CCC1C2. The monoisotopic (exact) mass is 405 g/mol. The van der Waals surface area contributed by atoms with Crippen molar-refractivity contribution in [2.75, 3.05) is 5.32 Å². The van der Waals surface area contributed by atoms with Gasteiger partial charge in [0.05, 0.1) is 29.2 Å². The number of anilines is 1. The van der Waals surface area contributed by atoms with Crippen LogP contribution in [0.15, 0.2) is 24.3 Å². The van der Waals surface area contributed by atoms with E-state index in [1.54, 1.807) is 10.7 Å². The lowest BCUT2D eigenvalue weighted by Crippen LogP contribution is -2.20. The van der Waals surface area contributed by atoms with Gasteiger partial charge in [0.1, 0.15) is 0 Å². The second kappa shape index (κ2) is 7.50. The van der Waals surface area contributed by atoms with Crippen molar-refractivity contribution in [3.8, 4) is 0 Å². The number of halogens is 3. The quantitative estimate of drug-likeness (QED) is 0.731. The largest absolute Gasteiger partial charge is 0.416 e. The van der Waals surface area contributed by atoms with Crippen LogP contribution in [-0.2, 0) is 17.5 Å². The second-order valence-electron chi connectivity index (χ2n) is 8.59. The van der Waals surface area contributed by atoms with E-state index in [4.69, 9.17) is 0 Å². The number of alkyl halides is 3. The number of rotatable bonds is 5. The Balaban J connectivity index is 1.44. The third-order valence-electron chi connectivity index (χ3n) is 6.56. The summed E-state index contributed by atoms with van der Waals surface area (Å²) in [6.45, 7) is 3.86. The maximum Gasteiger partial charge on any atom is 0.416 e. The average Bonchev–Trinajstić information content (AvgIpc) is 3.33. The number of benzene rings is 1. The maximum atomic E-state index is 13.0. The summed E-state index contributed by atoms with van der Waals surface area (Å²) in [7, 11) is 0. The lowest BCUT2D eigenvalue weighted by molar-refractivity contribution is -0.137. The van der Waals surface area contributed by atoms with Gasteiger partial charge in [-0.15, -0.1) is 0 Å². The number of hydrogen-bond acceptors (Lipinski definition) is 2. The van der Waals surface area contributed by atoms with E-state index in [9.17, 15) is 18.0 Å². The van der Waals surface area contributed by atoms with Crippen molar-refractivity contribution < 1.29 is 18.0 Å². The Morgan fingerprint density at radius 2 is 2.03 bits per heavy atom. The number of aryl methyl sites for hydroxylation is 1. The molecular weight excluding hydrogens is 379 g/mol. The summed E-state index contributed by atoms with van der Waals surface area (Å²) in [4.78, 5) is 12.6. The first-order valence-corrected chi connectivity index (χ1v) is 10.2. The number of nitrogens with one attached hydrogen (secondary N) is 1. The van der Waals surface area contributed by atoms with Crippen molar-refractivity contribution in [2.24, 2.45) is 17.8 Å². The Morgan fingerprint density at radius 3 is 2.69 bits per heavy atom. The molecule has 0 spiro atoms. The van der Waals surface area contributed by atoms with Gasteiger partial charge in [0, 0.05) is 6.42 Å². The first-order chi connectivity index (χ1) is 13.7. The fraction of sp³-hybridized carbons (Fsp3) is 0.545. The van der Waals surface area contributed by atoms with Gasteiger partial charge in [0.2, 0.25) is 5.91 Å². The van der Waals surface area contributed by atoms with E-state index in [1.165, 1.54) is 25.3 Å². The van der Waals surface area contributed by atoms with Gasteiger partial charge in [0.15, 0.2) is 0 Å². The molecule has 2 fully saturated rings. The van der Waals surface area contributed by atoms with E-state index >= 15 is 0 Å². The first-order valence-electron chi connectivity index (χ1n) is 10.2. The molecule has 2 bridgehead atoms. The van der Waals surface area contributed by atoms with E-state index in [0.29, 0.717) is 35.2 Å². The lowest BCUT2D eigenvalue weighted by Gasteiger charge is -2.20. The maximum absolute atomic E-state index is 13.0. The summed E-state index contributed by atoms with van der Waals surface area (Å²) in [6.07, 6.45) is 1.15. The molecule has 7 heteroatoms. The van der Waals surface area contributed by atoms with Gasteiger partial charge in [-0.05, 0) is 68.6 Å². The molecular formula is C22H26F3N3O. The van der Waals surface area contributed by atoms with E-state index in [0.717, 1.165) is 30.2 Å². The van der Waals surface area contributed by atoms with Crippen LogP contribution in [0, 0.1) is 31.6 Å². The molecule has 156 valence electrons. The zero-order valence-corrected chi connectivity index (χ0v) is 16.7. The number of fused-ring (bicyclic) bond motifs is 2. The minimum atomic E-state index is -4.37. The normalized spacial score (nSPS) is 23.6. The van der Waals surface area contributed by atoms with Crippen LogP contribution in [0.25, 0.3) is 0 Å². The van der Waals surface area contributed by atoms with Crippen molar-refractivity contribution >= 4 is 11.6 Å². The highest BCUT2D eigenvalue weighted by atomic mass is 19.4. The smallest absolute Gasteiger partial charge is 0.323 e. The van der Waals surface area contributed by atoms with Gasteiger partial charge in [0.25, 0.3) is 0 Å². The Bertz CT molecular complexity index is 919. The van der Waals surface area contributed by atoms with Gasteiger partial charge < -0.3 is 5.32 Å². The minimum Gasteiger partial charge on any atom is -0.323 e. The number of carbonyl (C=O) groups excluding carboxylic acids is 1. The molecule has 4 rings (SSSR count). The van der Waals surface area contributed by atoms with Crippen LogP contribution in [-0.4, -0.2) is 15.7 Å². The molecule has 1 heterocycles. The Labute approximate surface area is 168 Å². The van der Waals surface area contributed by atoms with E-state index in [-0.39, 0.29) is 12.5 Å². The fourth-order valence-electron chi connectivity index (χ4n) is 5.11. The second-order valence-corrected chi connectivity index (χ2v) is 8.59. The predicted molar refractivity (Wildman–Crippen MR) is 104 cm³/mol. The number of carbonyl (C=O) groups is 1. The van der Waals surface area contributed by atoms with Gasteiger partial charge >= 0.3 is 6.18 Å². The van der Waals surface area contributed by atoms with Gasteiger partial charge in [-0.1, -0.05) is 18.6 Å². The Kier molecular flexibility index (Phi) is 5.17. The van der Waals surface area contributed by atoms with Crippen LogP contribution in [0.1, 0.15) is 54.6 Å². The molecule has 2 saturated carbocycles. The summed E-state index contributed by atoms with van der Waals surface area (Å²) in [5.74, 6) is 1.98. The molecule has 3 atom stereocenters. The molecule has 2 aromatic rings. The van der Waals surface area contributed by atoms with E-state index in [2.05, 4.69) is 10.4 Å². The van der Waals surface area contributed by atoms with Gasteiger partial charge in [-0.2, -0.15) is 18.3 Å². The molecule has 0 radical (unpaired) electrons. The highest BCUT2D eigenvalue weighted by Crippen LogP contribution is 2.49. The highest BCUT2D eigenvalue weighted by molar-refractivity contribution is 5.92. The Hall–Kier alpha value is -2.31. The van der Waals surface area contributed by atoms with E-state index in [1.807, 2.05) is 13.8 Å². The zero-order chi connectivity index (χ0) is 20.8. The third kappa shape index (κ3) is 4.19. The Morgan fingerprint density at radius 1 is 1.24 bits per heavy atom. The van der Waals surface area contributed by atoms with Crippen LogP contribution >= 0.6 is 0 Å². The lowest BCUT2D eigenvalue weighted by atomic mass is 9.86. The topological polar surface area (TPSA) is 46.9 Å². The molecule has 3 unspecified atom stereocenters. The average molecular weight is 405 g/mol. The fourth-order valence-corrected chi connectivity index (χ4v) is 5.11. The van der Waals surface area contributed by atoms with Crippen molar-refractivity contribution in [3.63, 3.8) is 0 Å². The number of nitrogens with zero attached hydrogens (tertiary/aromatic N) is 2. The van der Waals surface area contributed by atoms with Crippen LogP contribution in [0.5, 0.6) is 0 Å². The van der Waals surface area contributed by atoms with Crippen LogP contribution in [0.3, 0.4) is 0 Å². The van der Waals surface area contributed by atoms with Crippen LogP contribution in [0.4, 0.5) is 18.9 Å². The zero-order valence-electron chi connectivity index (χ0n) is 16.7. The molecule has 1 aromatic heterocycles. The van der Waals surface area contributed by atoms with Crippen molar-refractivity contribution in [1.29, 1.82) is 0 Å². The molecule has 0 aliphatic heterocycles. The molecule has 29 heavy (non-hydrogen) atoms. The minimum absolute atomic E-state index is 0.00682. The molecule has 1 aromatic carbocycles. The third-order valence-corrected chi connectivity index (χ3v) is 6.56. The van der Waals surface area contributed by atoms with Crippen molar-refractivity contribution in [1.82, 2.24) is 9.78 Å². The van der Waals surface area contributed by atoms with Crippen molar-refractivity contribution in [2.45, 2.75) is 58.7 Å². The standard InChI is InChI=1S/C22H26F3N3O/c1-13-21(26-20(29)11-18-9-15-6-7-17(18)8-15)14(2)28(27-13)12-16-4-3-5-19(10-16)22(23,24)25/h3-5,10,15,17-18H,6-9,11-12H2,1-2H3,(H,26,29). The molecule has 0 saturated heterocycles. The molecule has 2 aliphatic rings. The molecule has 1 amide bonds. The van der Waals surface area contributed by atoms with E-state index < -0.39 is 11.7 Å². The van der Waals surface area contributed by atoms with Crippen molar-refractivity contribution in [3.05, 3.63) is 46.8 Å².